The van der Waals surface area contributed by atoms with Gasteiger partial charge in [0.2, 0.25) is 0 Å². The first-order valence-electron chi connectivity index (χ1n) is 9.90. The molecule has 0 aliphatic heterocycles. The number of carbonyl (C=O) groups excluding carboxylic acids is 2. The molecule has 4 rings (SSSR count). The minimum Gasteiger partial charge on any atom is -0.317 e. The minimum atomic E-state index is -0.519. The lowest BCUT2D eigenvalue weighted by Crippen LogP contribution is -2.37. The molecule has 1 amide bonds. The molecule has 4 aromatic rings. The molecule has 1 aromatic carbocycles. The number of aryl methyl sites for hydroxylation is 2. The van der Waals surface area contributed by atoms with Crippen LogP contribution in [0.1, 0.15) is 32.1 Å². The van der Waals surface area contributed by atoms with E-state index in [9.17, 15) is 19.2 Å². The van der Waals surface area contributed by atoms with E-state index in [1.165, 1.54) is 29.6 Å². The summed E-state index contributed by atoms with van der Waals surface area (Å²) in [5.41, 5.74) is 4.36. The monoisotopic (exact) mass is 434 g/mol. The molecule has 0 bridgehead atoms. The highest BCUT2D eigenvalue weighted by atomic mass is 16.2. The van der Waals surface area contributed by atoms with E-state index >= 15 is 0 Å². The van der Waals surface area contributed by atoms with E-state index in [1.807, 2.05) is 6.07 Å². The van der Waals surface area contributed by atoms with Crippen molar-refractivity contribution in [2.45, 2.75) is 20.4 Å². The van der Waals surface area contributed by atoms with Crippen molar-refractivity contribution >= 4 is 22.9 Å². The largest absolute Gasteiger partial charge is 0.332 e. The average Bonchev–Trinajstić information content (AvgIpc) is 3.33. The second-order valence-electron chi connectivity index (χ2n) is 7.60. The van der Waals surface area contributed by atoms with Gasteiger partial charge in [0.05, 0.1) is 12.9 Å². The molecular weight excluding hydrogens is 412 g/mol. The van der Waals surface area contributed by atoms with Crippen LogP contribution in [0, 0.1) is 13.8 Å². The van der Waals surface area contributed by atoms with Crippen molar-refractivity contribution < 1.29 is 9.59 Å². The lowest BCUT2D eigenvalue weighted by molar-refractivity contribution is 0.0969. The fraction of sp³-hybridized carbons (Fsp3) is 0.227. The Morgan fingerprint density at radius 1 is 1.03 bits per heavy atom. The highest BCUT2D eigenvalue weighted by Crippen LogP contribution is 2.17. The fourth-order valence-electron chi connectivity index (χ4n) is 3.73. The molecule has 0 unspecified atom stereocenters. The summed E-state index contributed by atoms with van der Waals surface area (Å²) in [7, 11) is 2.90. The molecule has 3 heterocycles. The number of fused-ring (bicyclic) bond motifs is 1. The first-order chi connectivity index (χ1) is 15.2. The lowest BCUT2D eigenvalue weighted by Gasteiger charge is -2.12. The van der Waals surface area contributed by atoms with Crippen LogP contribution in [0.5, 0.6) is 0 Å². The van der Waals surface area contributed by atoms with E-state index in [4.69, 9.17) is 0 Å². The number of nitrogens with one attached hydrogen (secondary N) is 1. The maximum atomic E-state index is 13.1. The second kappa shape index (κ2) is 7.80. The molecule has 0 atom stereocenters. The molecule has 0 spiro atoms. The summed E-state index contributed by atoms with van der Waals surface area (Å²) in [4.78, 5) is 54.5. The highest BCUT2D eigenvalue weighted by molar-refractivity contribution is 6.01. The number of nitrogens with zero attached hydrogens (tertiary/aromatic N) is 5. The number of ketones is 1. The van der Waals surface area contributed by atoms with Crippen LogP contribution in [0.3, 0.4) is 0 Å². The van der Waals surface area contributed by atoms with E-state index in [0.717, 1.165) is 4.57 Å². The van der Waals surface area contributed by atoms with Gasteiger partial charge in [-0.3, -0.25) is 33.6 Å². The zero-order valence-electron chi connectivity index (χ0n) is 18.1. The SMILES string of the molecule is Cc1cc(C(=O)Cn2cnc3c2c(=O)n(C)c(=O)n3C)c(C)n1NC(=O)c1ccccc1. The maximum absolute atomic E-state index is 13.1. The second-order valence-corrected chi connectivity index (χ2v) is 7.60. The quantitative estimate of drug-likeness (QED) is 0.473. The Labute approximate surface area is 182 Å². The Morgan fingerprint density at radius 2 is 1.72 bits per heavy atom. The fourth-order valence-corrected chi connectivity index (χ4v) is 3.73. The summed E-state index contributed by atoms with van der Waals surface area (Å²) in [6.45, 7) is 3.38. The van der Waals surface area contributed by atoms with Gasteiger partial charge in [0.25, 0.3) is 11.5 Å². The normalized spacial score (nSPS) is 11.1. The molecule has 0 saturated heterocycles. The summed E-state index contributed by atoms with van der Waals surface area (Å²) in [5, 5.41) is 0. The van der Waals surface area contributed by atoms with E-state index in [2.05, 4.69) is 10.4 Å². The van der Waals surface area contributed by atoms with E-state index in [1.54, 1.807) is 48.9 Å². The number of hydrogen-bond donors (Lipinski definition) is 1. The van der Waals surface area contributed by atoms with Crippen molar-refractivity contribution in [3.8, 4) is 0 Å². The number of hydrogen-bond acceptors (Lipinski definition) is 5. The molecule has 164 valence electrons. The molecule has 32 heavy (non-hydrogen) atoms. The number of aromatic nitrogens is 5. The van der Waals surface area contributed by atoms with Gasteiger partial charge in [-0.05, 0) is 32.0 Å². The van der Waals surface area contributed by atoms with Crippen LogP contribution in [-0.4, -0.2) is 35.1 Å². The predicted octanol–water partition coefficient (Wildman–Crippen LogP) is 1.12. The Bertz CT molecular complexity index is 1490. The molecule has 10 heteroatoms. The molecule has 3 aromatic heterocycles. The number of amides is 1. The summed E-state index contributed by atoms with van der Waals surface area (Å²) < 4.78 is 5.25. The molecular formula is C22H22N6O4. The lowest BCUT2D eigenvalue weighted by atomic mass is 10.1. The van der Waals surface area contributed by atoms with E-state index < -0.39 is 11.2 Å². The van der Waals surface area contributed by atoms with Crippen molar-refractivity contribution in [2.75, 3.05) is 5.43 Å². The topological polar surface area (TPSA) is 113 Å². The highest BCUT2D eigenvalue weighted by Gasteiger charge is 2.20. The first-order valence-corrected chi connectivity index (χ1v) is 9.90. The van der Waals surface area contributed by atoms with Crippen LogP contribution in [0.25, 0.3) is 11.2 Å². The first kappa shape index (κ1) is 21.0. The smallest absolute Gasteiger partial charge is 0.317 e. The van der Waals surface area contributed by atoms with Gasteiger partial charge >= 0.3 is 5.69 Å². The Morgan fingerprint density at radius 3 is 2.41 bits per heavy atom. The van der Waals surface area contributed by atoms with Crippen molar-refractivity contribution in [1.29, 1.82) is 0 Å². The van der Waals surface area contributed by atoms with Crippen LogP contribution in [0.2, 0.25) is 0 Å². The third kappa shape index (κ3) is 3.35. The average molecular weight is 434 g/mol. The molecule has 0 saturated carbocycles. The zero-order chi connectivity index (χ0) is 23.2. The van der Waals surface area contributed by atoms with Gasteiger partial charge in [0.15, 0.2) is 16.9 Å². The number of carbonyl (C=O) groups is 2. The summed E-state index contributed by atoms with van der Waals surface area (Å²) in [6, 6.07) is 10.5. The van der Waals surface area contributed by atoms with Crippen molar-refractivity contribution in [2.24, 2.45) is 14.1 Å². The van der Waals surface area contributed by atoms with Crippen molar-refractivity contribution in [3.63, 3.8) is 0 Å². The number of Topliss-reactive ketones (excluding diaryl/α,β-unsaturated/α-hetero) is 1. The third-order valence-electron chi connectivity index (χ3n) is 5.51. The Kier molecular flexibility index (Phi) is 5.13. The molecule has 0 radical (unpaired) electrons. The van der Waals surface area contributed by atoms with Crippen LogP contribution in [0.15, 0.2) is 52.3 Å². The summed E-state index contributed by atoms with van der Waals surface area (Å²) in [5.74, 6) is -0.551. The van der Waals surface area contributed by atoms with Crippen LogP contribution < -0.4 is 16.7 Å². The van der Waals surface area contributed by atoms with Crippen LogP contribution >= 0.6 is 0 Å². The predicted molar refractivity (Wildman–Crippen MR) is 119 cm³/mol. The molecule has 1 N–H and O–H groups in total. The minimum absolute atomic E-state index is 0.138. The van der Waals surface area contributed by atoms with Crippen LogP contribution in [-0.2, 0) is 20.6 Å². The number of imidazole rings is 1. The Balaban J connectivity index is 1.66. The molecule has 0 aliphatic rings. The van der Waals surface area contributed by atoms with Gasteiger partial charge in [-0.1, -0.05) is 18.2 Å². The van der Waals surface area contributed by atoms with E-state index in [0.29, 0.717) is 22.5 Å². The van der Waals surface area contributed by atoms with Gasteiger partial charge in [-0.25, -0.2) is 9.78 Å². The zero-order valence-corrected chi connectivity index (χ0v) is 18.1. The Hall–Kier alpha value is -4.21. The van der Waals surface area contributed by atoms with Crippen molar-refractivity contribution in [3.05, 3.63) is 86.1 Å². The number of benzene rings is 1. The maximum Gasteiger partial charge on any atom is 0.332 e. The standard InChI is InChI=1S/C22H22N6O4/c1-13-10-16(14(2)28(13)24-20(30)15-8-6-5-7-9-15)17(29)11-27-12-23-19-18(27)21(31)26(4)22(32)25(19)3/h5-10,12H,11H2,1-4H3,(H,24,30). The molecule has 0 fully saturated rings. The van der Waals surface area contributed by atoms with Gasteiger partial charge in [0.1, 0.15) is 0 Å². The van der Waals surface area contributed by atoms with Gasteiger partial charge in [0, 0.05) is 36.6 Å². The van der Waals surface area contributed by atoms with Gasteiger partial charge in [-0.2, -0.15) is 0 Å². The van der Waals surface area contributed by atoms with Gasteiger partial charge in [-0.15, -0.1) is 0 Å². The third-order valence-corrected chi connectivity index (χ3v) is 5.51. The van der Waals surface area contributed by atoms with Gasteiger partial charge < -0.3 is 4.57 Å². The van der Waals surface area contributed by atoms with E-state index in [-0.39, 0.29) is 29.4 Å². The summed E-state index contributed by atoms with van der Waals surface area (Å²) in [6.07, 6.45) is 1.37. The number of rotatable bonds is 5. The van der Waals surface area contributed by atoms with Crippen molar-refractivity contribution in [1.82, 2.24) is 23.4 Å². The molecule has 10 nitrogen and oxygen atoms in total. The van der Waals surface area contributed by atoms with Crippen LogP contribution in [0.4, 0.5) is 0 Å². The summed E-state index contributed by atoms with van der Waals surface area (Å²) >= 11 is 0. The molecule has 0 aliphatic carbocycles.